The standard InChI is InChI=1S/C17H19N3O5/c1-23-14-11-20(13-5-3-2-4-6-13)18-16(14)17(22)25-12-15(21)19-7-9-24-10-8-19/h2-6,11H,7-10,12H2,1H3. The van der Waals surface area contributed by atoms with Crippen molar-refractivity contribution < 1.29 is 23.8 Å². The lowest BCUT2D eigenvalue weighted by Crippen LogP contribution is -2.42. The van der Waals surface area contributed by atoms with Gasteiger partial charge in [0, 0.05) is 13.1 Å². The van der Waals surface area contributed by atoms with E-state index in [1.165, 1.54) is 11.8 Å². The minimum absolute atomic E-state index is 0.0288. The molecule has 2 aromatic rings. The maximum absolute atomic E-state index is 12.3. The summed E-state index contributed by atoms with van der Waals surface area (Å²) in [6.45, 7) is 1.66. The third kappa shape index (κ3) is 3.97. The molecule has 25 heavy (non-hydrogen) atoms. The fourth-order valence-corrected chi connectivity index (χ4v) is 2.46. The molecule has 1 saturated heterocycles. The minimum Gasteiger partial charge on any atom is -0.493 e. The maximum Gasteiger partial charge on any atom is 0.363 e. The van der Waals surface area contributed by atoms with E-state index in [2.05, 4.69) is 5.10 Å². The van der Waals surface area contributed by atoms with Crippen LogP contribution in [0.25, 0.3) is 5.69 Å². The largest absolute Gasteiger partial charge is 0.493 e. The molecule has 1 aliphatic heterocycles. The Morgan fingerprint density at radius 1 is 1.20 bits per heavy atom. The molecule has 1 aliphatic rings. The van der Waals surface area contributed by atoms with Crippen LogP contribution < -0.4 is 4.74 Å². The topological polar surface area (TPSA) is 82.9 Å². The lowest BCUT2D eigenvalue weighted by atomic mass is 10.3. The average Bonchev–Trinajstić information content (AvgIpc) is 3.12. The van der Waals surface area contributed by atoms with Gasteiger partial charge in [0.05, 0.1) is 32.2 Å². The number of benzene rings is 1. The molecule has 132 valence electrons. The number of carbonyl (C=O) groups is 2. The van der Waals surface area contributed by atoms with Gasteiger partial charge in [-0.1, -0.05) is 18.2 Å². The first-order valence-corrected chi connectivity index (χ1v) is 7.91. The first-order chi connectivity index (χ1) is 12.2. The monoisotopic (exact) mass is 345 g/mol. The minimum atomic E-state index is -0.701. The molecule has 0 aliphatic carbocycles. The van der Waals surface area contributed by atoms with Crippen LogP contribution in [0.2, 0.25) is 0 Å². The number of amides is 1. The van der Waals surface area contributed by atoms with E-state index in [0.29, 0.717) is 26.3 Å². The molecule has 3 rings (SSSR count). The number of aromatic nitrogens is 2. The highest BCUT2D eigenvalue weighted by atomic mass is 16.5. The first kappa shape index (κ1) is 17.0. The van der Waals surface area contributed by atoms with Crippen molar-refractivity contribution in [3.8, 4) is 11.4 Å². The number of carbonyl (C=O) groups excluding carboxylic acids is 2. The van der Waals surface area contributed by atoms with E-state index in [-0.39, 0.29) is 24.0 Å². The first-order valence-electron chi connectivity index (χ1n) is 7.91. The molecule has 8 heteroatoms. The van der Waals surface area contributed by atoms with Gasteiger partial charge in [-0.15, -0.1) is 0 Å². The molecular weight excluding hydrogens is 326 g/mol. The summed E-state index contributed by atoms with van der Waals surface area (Å²) in [5.41, 5.74) is 0.811. The highest BCUT2D eigenvalue weighted by Crippen LogP contribution is 2.20. The molecular formula is C17H19N3O5. The normalized spacial score (nSPS) is 14.2. The van der Waals surface area contributed by atoms with E-state index >= 15 is 0 Å². The number of esters is 1. The smallest absolute Gasteiger partial charge is 0.363 e. The molecule has 2 heterocycles. The van der Waals surface area contributed by atoms with Crippen LogP contribution in [0.4, 0.5) is 0 Å². The summed E-state index contributed by atoms with van der Waals surface area (Å²) in [7, 11) is 1.45. The molecule has 8 nitrogen and oxygen atoms in total. The van der Waals surface area contributed by atoms with Crippen molar-refractivity contribution in [1.82, 2.24) is 14.7 Å². The average molecular weight is 345 g/mol. The zero-order chi connectivity index (χ0) is 17.6. The van der Waals surface area contributed by atoms with Crippen molar-refractivity contribution in [2.24, 2.45) is 0 Å². The second kappa shape index (κ2) is 7.80. The van der Waals surface area contributed by atoms with Gasteiger partial charge in [-0.3, -0.25) is 4.79 Å². The maximum atomic E-state index is 12.3. The van der Waals surface area contributed by atoms with Crippen LogP contribution in [0.3, 0.4) is 0 Å². The summed E-state index contributed by atoms with van der Waals surface area (Å²) in [6.07, 6.45) is 1.59. The lowest BCUT2D eigenvalue weighted by Gasteiger charge is -2.26. The van der Waals surface area contributed by atoms with Gasteiger partial charge in [-0.2, -0.15) is 5.10 Å². The Balaban J connectivity index is 1.67. The van der Waals surface area contributed by atoms with Crippen LogP contribution in [-0.4, -0.2) is 66.6 Å². The Morgan fingerprint density at radius 2 is 1.92 bits per heavy atom. The SMILES string of the molecule is COc1cn(-c2ccccc2)nc1C(=O)OCC(=O)N1CCOCC1. The summed E-state index contributed by atoms with van der Waals surface area (Å²) in [5, 5.41) is 4.21. The van der Waals surface area contributed by atoms with Crippen LogP contribution in [0.5, 0.6) is 5.75 Å². The van der Waals surface area contributed by atoms with Crippen molar-refractivity contribution in [1.29, 1.82) is 0 Å². The van der Waals surface area contributed by atoms with Crippen LogP contribution in [0.1, 0.15) is 10.5 Å². The number of para-hydroxylation sites is 1. The van der Waals surface area contributed by atoms with Crippen LogP contribution >= 0.6 is 0 Å². The van der Waals surface area contributed by atoms with E-state index < -0.39 is 5.97 Å². The molecule has 0 spiro atoms. The second-order valence-corrected chi connectivity index (χ2v) is 5.40. The predicted octanol–water partition coefficient (Wildman–Crippen LogP) is 0.897. The fourth-order valence-electron chi connectivity index (χ4n) is 2.46. The lowest BCUT2D eigenvalue weighted by molar-refractivity contribution is -0.138. The van der Waals surface area contributed by atoms with E-state index in [9.17, 15) is 9.59 Å². The Labute approximate surface area is 144 Å². The number of morpholine rings is 1. The number of nitrogens with zero attached hydrogens (tertiary/aromatic N) is 3. The summed E-state index contributed by atoms with van der Waals surface area (Å²) in [4.78, 5) is 25.9. The summed E-state index contributed by atoms with van der Waals surface area (Å²) < 4.78 is 17.0. The zero-order valence-corrected chi connectivity index (χ0v) is 13.9. The van der Waals surface area contributed by atoms with Gasteiger partial charge in [0.1, 0.15) is 0 Å². The van der Waals surface area contributed by atoms with Crippen molar-refractivity contribution in [3.63, 3.8) is 0 Å². The van der Waals surface area contributed by atoms with Crippen molar-refractivity contribution in [3.05, 3.63) is 42.2 Å². The number of ether oxygens (including phenoxy) is 3. The molecule has 0 radical (unpaired) electrons. The Hall–Kier alpha value is -2.87. The van der Waals surface area contributed by atoms with Crippen LogP contribution in [0.15, 0.2) is 36.5 Å². The van der Waals surface area contributed by atoms with Gasteiger partial charge in [-0.05, 0) is 12.1 Å². The molecule has 1 aromatic carbocycles. The van der Waals surface area contributed by atoms with Gasteiger partial charge in [0.25, 0.3) is 5.91 Å². The number of rotatable bonds is 5. The highest BCUT2D eigenvalue weighted by Gasteiger charge is 2.23. The molecule has 0 saturated carbocycles. The summed E-state index contributed by atoms with van der Waals surface area (Å²) in [5.74, 6) is -0.668. The number of hydrogen-bond acceptors (Lipinski definition) is 6. The van der Waals surface area contributed by atoms with Crippen molar-refractivity contribution >= 4 is 11.9 Å². The fraction of sp³-hybridized carbons (Fsp3) is 0.353. The Morgan fingerprint density at radius 3 is 2.60 bits per heavy atom. The molecule has 1 fully saturated rings. The molecule has 1 aromatic heterocycles. The molecule has 1 amide bonds. The van der Waals surface area contributed by atoms with E-state index in [1.807, 2.05) is 30.3 Å². The van der Waals surface area contributed by atoms with Crippen LogP contribution in [0, 0.1) is 0 Å². The van der Waals surface area contributed by atoms with Gasteiger partial charge in [0.2, 0.25) is 5.69 Å². The van der Waals surface area contributed by atoms with Gasteiger partial charge in [0.15, 0.2) is 12.4 Å². The van der Waals surface area contributed by atoms with E-state index in [0.717, 1.165) is 5.69 Å². The second-order valence-electron chi connectivity index (χ2n) is 5.40. The van der Waals surface area contributed by atoms with Gasteiger partial charge in [-0.25, -0.2) is 9.48 Å². The van der Waals surface area contributed by atoms with Crippen molar-refractivity contribution in [2.45, 2.75) is 0 Å². The van der Waals surface area contributed by atoms with Crippen LogP contribution in [-0.2, 0) is 14.3 Å². The Kier molecular flexibility index (Phi) is 5.30. The van der Waals surface area contributed by atoms with Gasteiger partial charge < -0.3 is 19.1 Å². The summed E-state index contributed by atoms with van der Waals surface area (Å²) >= 11 is 0. The number of hydrogen-bond donors (Lipinski definition) is 0. The highest BCUT2D eigenvalue weighted by molar-refractivity contribution is 5.92. The quantitative estimate of drug-likeness (QED) is 0.749. The van der Waals surface area contributed by atoms with E-state index in [1.54, 1.807) is 11.1 Å². The molecule has 0 unspecified atom stereocenters. The molecule has 0 bridgehead atoms. The third-order valence-corrected chi connectivity index (χ3v) is 3.81. The predicted molar refractivity (Wildman–Crippen MR) is 87.8 cm³/mol. The number of methoxy groups -OCH3 is 1. The van der Waals surface area contributed by atoms with Crippen molar-refractivity contribution in [2.75, 3.05) is 40.0 Å². The summed E-state index contributed by atoms with van der Waals surface area (Å²) in [6, 6.07) is 9.31. The van der Waals surface area contributed by atoms with E-state index in [4.69, 9.17) is 14.2 Å². The molecule has 0 N–H and O–H groups in total. The molecule has 0 atom stereocenters. The third-order valence-electron chi connectivity index (χ3n) is 3.81. The van der Waals surface area contributed by atoms with Gasteiger partial charge >= 0.3 is 5.97 Å². The zero-order valence-electron chi connectivity index (χ0n) is 13.9. The Bertz CT molecular complexity index is 738.